The Morgan fingerprint density at radius 1 is 1.06 bits per heavy atom. The third kappa shape index (κ3) is 6.36. The third-order valence-electron chi connectivity index (χ3n) is 3.99. The van der Waals surface area contributed by atoms with E-state index < -0.39 is 11.9 Å². The van der Waals surface area contributed by atoms with Crippen molar-refractivity contribution < 1.29 is 23.5 Å². The van der Waals surface area contributed by atoms with E-state index >= 15 is 0 Å². The largest absolute Gasteiger partial charge is 0.493 e. The first kappa shape index (κ1) is 22.4. The maximum atomic E-state index is 13.0. The lowest BCUT2D eigenvalue weighted by Gasteiger charge is -2.10. The van der Waals surface area contributed by atoms with Gasteiger partial charge in [-0.25, -0.2) is 4.39 Å². The quantitative estimate of drug-likeness (QED) is 0.427. The van der Waals surface area contributed by atoms with Crippen LogP contribution in [0.2, 0.25) is 0 Å². The number of esters is 1. The minimum atomic E-state index is -0.695. The lowest BCUT2D eigenvalue weighted by atomic mass is 10.2. The highest BCUT2D eigenvalue weighted by Gasteiger charge is 2.14. The molecule has 0 aliphatic heterocycles. The molecule has 1 heterocycles. The number of hydrogen-bond acceptors (Lipinski definition) is 9. The predicted molar refractivity (Wildman–Crippen MR) is 114 cm³/mol. The molecule has 3 aromatic rings. The molecule has 0 atom stereocenters. The minimum absolute atomic E-state index is 0.0866. The average Bonchev–Trinajstić information content (AvgIpc) is 2.78. The van der Waals surface area contributed by atoms with Gasteiger partial charge in [0.15, 0.2) is 12.4 Å². The van der Waals surface area contributed by atoms with Crippen molar-refractivity contribution in [3.05, 3.63) is 65.7 Å². The molecule has 4 N–H and O–H groups in total. The Bertz CT molecular complexity index is 1090. The Hall–Kier alpha value is -4.28. The maximum Gasteiger partial charge on any atom is 0.325 e. The summed E-state index contributed by atoms with van der Waals surface area (Å²) in [6.07, 6.45) is 0. The van der Waals surface area contributed by atoms with Crippen LogP contribution in [-0.2, 0) is 16.1 Å². The number of carbonyl (C=O) groups excluding carboxylic acids is 2. The van der Waals surface area contributed by atoms with E-state index in [1.54, 1.807) is 31.2 Å². The second-order valence-electron chi connectivity index (χ2n) is 6.34. The molecule has 0 saturated carbocycles. The molecular formula is C21H21FN6O4. The summed E-state index contributed by atoms with van der Waals surface area (Å²) < 4.78 is 23.5. The highest BCUT2D eigenvalue weighted by atomic mass is 19.1. The zero-order valence-electron chi connectivity index (χ0n) is 17.2. The molecule has 1 aromatic heterocycles. The Labute approximate surface area is 183 Å². The van der Waals surface area contributed by atoms with E-state index in [-0.39, 0.29) is 36.7 Å². The molecule has 0 aliphatic carbocycles. The van der Waals surface area contributed by atoms with Gasteiger partial charge in [0.05, 0.1) is 12.2 Å². The van der Waals surface area contributed by atoms with Crippen molar-refractivity contribution in [2.75, 3.05) is 24.2 Å². The van der Waals surface area contributed by atoms with Gasteiger partial charge in [-0.3, -0.25) is 9.59 Å². The summed E-state index contributed by atoms with van der Waals surface area (Å²) in [6.45, 7) is 1.57. The second-order valence-corrected chi connectivity index (χ2v) is 6.34. The monoisotopic (exact) mass is 440 g/mol. The molecule has 32 heavy (non-hydrogen) atoms. The lowest BCUT2D eigenvalue weighted by Crippen LogP contribution is -2.31. The van der Waals surface area contributed by atoms with Gasteiger partial charge in [0.2, 0.25) is 11.9 Å². The Morgan fingerprint density at radius 2 is 1.81 bits per heavy atom. The highest BCUT2D eigenvalue weighted by Crippen LogP contribution is 2.17. The van der Waals surface area contributed by atoms with E-state index in [0.717, 1.165) is 0 Å². The van der Waals surface area contributed by atoms with Crippen LogP contribution in [0.1, 0.15) is 23.1 Å². The molecule has 0 saturated heterocycles. The molecular weight excluding hydrogens is 419 g/mol. The first-order valence-electron chi connectivity index (χ1n) is 9.63. The van der Waals surface area contributed by atoms with Crippen LogP contribution in [0.4, 0.5) is 22.0 Å². The normalized spacial score (nSPS) is 10.3. The van der Waals surface area contributed by atoms with Gasteiger partial charge in [0.1, 0.15) is 18.1 Å². The van der Waals surface area contributed by atoms with Crippen LogP contribution in [0.15, 0.2) is 48.5 Å². The number of rotatable bonds is 9. The molecule has 0 bridgehead atoms. The number of benzene rings is 2. The molecule has 0 radical (unpaired) electrons. The number of ether oxygens (including phenoxy) is 2. The smallest absolute Gasteiger partial charge is 0.325 e. The molecule has 10 nitrogen and oxygen atoms in total. The Morgan fingerprint density at radius 3 is 2.56 bits per heavy atom. The van der Waals surface area contributed by atoms with Crippen LogP contribution in [0.5, 0.6) is 5.75 Å². The molecule has 3 rings (SSSR count). The van der Waals surface area contributed by atoms with Gasteiger partial charge in [-0.1, -0.05) is 12.1 Å². The molecule has 0 fully saturated rings. The number of hydrogen-bond donors (Lipinski definition) is 3. The van der Waals surface area contributed by atoms with E-state index in [2.05, 4.69) is 25.6 Å². The summed E-state index contributed by atoms with van der Waals surface area (Å²) in [4.78, 5) is 36.3. The number of nitrogens with zero attached hydrogens (tertiary/aromatic N) is 3. The summed E-state index contributed by atoms with van der Waals surface area (Å²) >= 11 is 0. The van der Waals surface area contributed by atoms with Gasteiger partial charge < -0.3 is 25.8 Å². The topological polar surface area (TPSA) is 141 Å². The zero-order chi connectivity index (χ0) is 22.9. The fourth-order valence-electron chi connectivity index (χ4n) is 2.60. The van der Waals surface area contributed by atoms with Gasteiger partial charge in [-0.2, -0.15) is 15.0 Å². The number of carbonyl (C=O) groups is 2. The predicted octanol–water partition coefficient (Wildman–Crippen LogP) is 2.21. The van der Waals surface area contributed by atoms with Crippen molar-refractivity contribution >= 4 is 29.5 Å². The van der Waals surface area contributed by atoms with Crippen molar-refractivity contribution in [2.45, 2.75) is 13.5 Å². The van der Waals surface area contributed by atoms with Crippen LogP contribution in [0.3, 0.4) is 0 Å². The third-order valence-corrected chi connectivity index (χ3v) is 3.99. The number of nitrogens with two attached hydrogens (primary N) is 1. The number of halogens is 1. The van der Waals surface area contributed by atoms with Crippen LogP contribution in [0.25, 0.3) is 0 Å². The highest BCUT2D eigenvalue weighted by molar-refractivity contribution is 5.98. The van der Waals surface area contributed by atoms with E-state index in [0.29, 0.717) is 23.6 Å². The zero-order valence-corrected chi connectivity index (χ0v) is 17.2. The van der Waals surface area contributed by atoms with Crippen molar-refractivity contribution in [2.24, 2.45) is 0 Å². The van der Waals surface area contributed by atoms with Crippen molar-refractivity contribution in [3.8, 4) is 5.75 Å². The van der Waals surface area contributed by atoms with Gasteiger partial charge >= 0.3 is 5.97 Å². The number of nitrogens with one attached hydrogen (secondary N) is 2. The molecule has 166 valence electrons. The van der Waals surface area contributed by atoms with Crippen LogP contribution < -0.4 is 21.1 Å². The van der Waals surface area contributed by atoms with E-state index in [4.69, 9.17) is 15.2 Å². The number of amides is 1. The fourth-order valence-corrected chi connectivity index (χ4v) is 2.60. The summed E-state index contributed by atoms with van der Waals surface area (Å²) in [5, 5.41) is 5.34. The molecule has 0 spiro atoms. The summed E-state index contributed by atoms with van der Waals surface area (Å²) in [5.41, 5.74) is 6.52. The van der Waals surface area contributed by atoms with Crippen molar-refractivity contribution in [3.63, 3.8) is 0 Å². The summed E-state index contributed by atoms with van der Waals surface area (Å²) in [5.74, 6) is -1.01. The Kier molecular flexibility index (Phi) is 7.46. The Balaban J connectivity index is 1.54. The molecule has 11 heteroatoms. The van der Waals surface area contributed by atoms with Gasteiger partial charge in [-0.05, 0) is 43.3 Å². The standard InChI is InChI=1S/C21H21FN6O4/c1-2-31-16-6-4-3-5-15(16)19(30)24-11-18(29)32-12-17-26-20(23)28-21(27-17)25-14-9-7-13(22)8-10-14/h3-10H,2,11-12H2,1H3,(H,24,30)(H3,23,25,26,27,28). The minimum Gasteiger partial charge on any atom is -0.493 e. The first-order valence-corrected chi connectivity index (χ1v) is 9.63. The van der Waals surface area contributed by atoms with Crippen LogP contribution >= 0.6 is 0 Å². The van der Waals surface area contributed by atoms with Crippen molar-refractivity contribution in [1.82, 2.24) is 20.3 Å². The number of aromatic nitrogens is 3. The van der Waals surface area contributed by atoms with Gasteiger partial charge in [0, 0.05) is 5.69 Å². The second kappa shape index (κ2) is 10.7. The van der Waals surface area contributed by atoms with Gasteiger partial charge in [0.25, 0.3) is 5.91 Å². The fraction of sp³-hybridized carbons (Fsp3) is 0.190. The molecule has 0 aliphatic rings. The molecule has 2 aromatic carbocycles. The van der Waals surface area contributed by atoms with Crippen LogP contribution in [0, 0.1) is 5.82 Å². The number of para-hydroxylation sites is 1. The summed E-state index contributed by atoms with van der Waals surface area (Å²) in [7, 11) is 0. The number of anilines is 3. The van der Waals surface area contributed by atoms with E-state index in [9.17, 15) is 14.0 Å². The number of nitrogen functional groups attached to an aromatic ring is 1. The van der Waals surface area contributed by atoms with E-state index in [1.807, 2.05) is 0 Å². The van der Waals surface area contributed by atoms with Crippen molar-refractivity contribution in [1.29, 1.82) is 0 Å². The lowest BCUT2D eigenvalue weighted by molar-refractivity contribution is -0.143. The molecule has 1 amide bonds. The van der Waals surface area contributed by atoms with Gasteiger partial charge in [-0.15, -0.1) is 0 Å². The molecule has 0 unspecified atom stereocenters. The summed E-state index contributed by atoms with van der Waals surface area (Å²) in [6, 6.07) is 12.2. The van der Waals surface area contributed by atoms with Crippen LogP contribution in [-0.4, -0.2) is 40.0 Å². The van der Waals surface area contributed by atoms with E-state index in [1.165, 1.54) is 24.3 Å². The SMILES string of the molecule is CCOc1ccccc1C(=O)NCC(=O)OCc1nc(N)nc(Nc2ccc(F)cc2)n1. The average molecular weight is 440 g/mol. The maximum absolute atomic E-state index is 13.0. The first-order chi connectivity index (χ1) is 15.4.